The predicted molar refractivity (Wildman–Crippen MR) is 119 cm³/mol. The highest BCUT2D eigenvalue weighted by Gasteiger charge is 2.13. The Kier molecular flexibility index (Phi) is 10.5. The Balaban J connectivity index is 0.00000392. The van der Waals surface area contributed by atoms with Crippen LogP contribution >= 0.6 is 24.0 Å². The fraction of sp³-hybridized carbons (Fsp3) is 0.421. The summed E-state index contributed by atoms with van der Waals surface area (Å²) >= 11 is 0. The molecular weight excluding hydrogens is 476 g/mol. The molecule has 3 N–H and O–H groups in total. The summed E-state index contributed by atoms with van der Waals surface area (Å²) in [5.74, 6) is 0.648. The van der Waals surface area contributed by atoms with Gasteiger partial charge in [0.25, 0.3) is 0 Å². The number of nitrogens with one attached hydrogen (secondary N) is 3. The smallest absolute Gasteiger partial charge is 0.243 e. The summed E-state index contributed by atoms with van der Waals surface area (Å²) in [7, 11) is 0. The molecular formula is C19H27FIN5O2. The Labute approximate surface area is 181 Å². The van der Waals surface area contributed by atoms with E-state index in [9.17, 15) is 9.18 Å². The first-order valence-electron chi connectivity index (χ1n) is 9.11. The highest BCUT2D eigenvalue weighted by atomic mass is 127. The SMILES string of the molecule is CCNC(=NCc1c(CC)noc1CC)NCC(=O)Nc1cccc(F)c1.I. The molecule has 7 nitrogen and oxygen atoms in total. The second kappa shape index (κ2) is 12.3. The van der Waals surface area contributed by atoms with Crippen LogP contribution < -0.4 is 16.0 Å². The van der Waals surface area contributed by atoms with Crippen LogP contribution in [0.5, 0.6) is 0 Å². The second-order valence-electron chi connectivity index (χ2n) is 5.85. The van der Waals surface area contributed by atoms with Crippen molar-refractivity contribution in [3.63, 3.8) is 0 Å². The van der Waals surface area contributed by atoms with Gasteiger partial charge in [0.05, 0.1) is 18.8 Å². The summed E-state index contributed by atoms with van der Waals surface area (Å²) in [5, 5.41) is 12.8. The van der Waals surface area contributed by atoms with Gasteiger partial charge in [-0.25, -0.2) is 9.38 Å². The highest BCUT2D eigenvalue weighted by Crippen LogP contribution is 2.16. The molecule has 1 amide bonds. The van der Waals surface area contributed by atoms with Crippen LogP contribution in [-0.2, 0) is 24.2 Å². The molecule has 0 fully saturated rings. The van der Waals surface area contributed by atoms with E-state index in [0.29, 0.717) is 24.7 Å². The Morgan fingerprint density at radius 3 is 2.64 bits per heavy atom. The zero-order valence-electron chi connectivity index (χ0n) is 16.3. The van der Waals surface area contributed by atoms with Gasteiger partial charge in [-0.3, -0.25) is 4.79 Å². The van der Waals surface area contributed by atoms with Crippen molar-refractivity contribution in [2.24, 2.45) is 4.99 Å². The van der Waals surface area contributed by atoms with Crippen LogP contribution in [0.4, 0.5) is 10.1 Å². The number of hydrogen-bond donors (Lipinski definition) is 3. The first kappa shape index (κ1) is 23.9. The molecule has 1 aromatic heterocycles. The third-order valence-corrected chi connectivity index (χ3v) is 3.87. The Bertz CT molecular complexity index is 773. The van der Waals surface area contributed by atoms with Gasteiger partial charge in [0.2, 0.25) is 5.91 Å². The fourth-order valence-corrected chi connectivity index (χ4v) is 2.55. The molecule has 2 aromatic rings. The van der Waals surface area contributed by atoms with Crippen molar-refractivity contribution in [2.75, 3.05) is 18.4 Å². The summed E-state index contributed by atoms with van der Waals surface area (Å²) in [6.45, 7) is 7.04. The van der Waals surface area contributed by atoms with Crippen molar-refractivity contribution in [1.29, 1.82) is 0 Å². The minimum atomic E-state index is -0.400. The number of rotatable bonds is 8. The van der Waals surface area contributed by atoms with E-state index in [-0.39, 0.29) is 36.4 Å². The Morgan fingerprint density at radius 1 is 1.21 bits per heavy atom. The van der Waals surface area contributed by atoms with Crippen LogP contribution in [0.1, 0.15) is 37.8 Å². The third kappa shape index (κ3) is 7.10. The number of carbonyl (C=O) groups is 1. The Morgan fingerprint density at radius 2 is 2.00 bits per heavy atom. The fourth-order valence-electron chi connectivity index (χ4n) is 2.55. The standard InChI is InChI=1S/C19H26FN5O2.HI/c1-4-16-15(17(5-2)27-25-16)11-22-19(21-6-3)23-12-18(26)24-14-9-7-8-13(20)10-14;/h7-10H,4-6,11-12H2,1-3H3,(H,24,26)(H2,21,22,23);1H. The lowest BCUT2D eigenvalue weighted by molar-refractivity contribution is -0.115. The van der Waals surface area contributed by atoms with E-state index in [1.807, 2.05) is 20.8 Å². The molecule has 0 saturated carbocycles. The Hall–Kier alpha value is -2.17. The number of guanidine groups is 1. The molecule has 2 rings (SSSR count). The van der Waals surface area contributed by atoms with Crippen LogP contribution in [0.25, 0.3) is 0 Å². The predicted octanol–water partition coefficient (Wildman–Crippen LogP) is 3.25. The molecule has 1 heterocycles. The van der Waals surface area contributed by atoms with E-state index < -0.39 is 5.82 Å². The number of anilines is 1. The van der Waals surface area contributed by atoms with Gasteiger partial charge in [0.1, 0.15) is 11.6 Å². The van der Waals surface area contributed by atoms with Crippen LogP contribution in [-0.4, -0.2) is 30.1 Å². The van der Waals surface area contributed by atoms with E-state index in [1.165, 1.54) is 12.1 Å². The molecule has 0 aliphatic carbocycles. The first-order valence-corrected chi connectivity index (χ1v) is 9.11. The quantitative estimate of drug-likeness (QED) is 0.292. The molecule has 0 bridgehead atoms. The third-order valence-electron chi connectivity index (χ3n) is 3.87. The molecule has 9 heteroatoms. The number of aromatic nitrogens is 1. The summed E-state index contributed by atoms with van der Waals surface area (Å²) in [6, 6.07) is 5.76. The molecule has 28 heavy (non-hydrogen) atoms. The number of nitrogens with zero attached hydrogens (tertiary/aromatic N) is 2. The van der Waals surface area contributed by atoms with E-state index >= 15 is 0 Å². The minimum absolute atomic E-state index is 0. The molecule has 0 spiro atoms. The molecule has 0 aliphatic heterocycles. The van der Waals surface area contributed by atoms with Crippen LogP contribution in [0.2, 0.25) is 0 Å². The van der Waals surface area contributed by atoms with Crippen LogP contribution in [0, 0.1) is 5.82 Å². The first-order chi connectivity index (χ1) is 13.1. The highest BCUT2D eigenvalue weighted by molar-refractivity contribution is 14.0. The summed E-state index contributed by atoms with van der Waals surface area (Å²) in [6.07, 6.45) is 1.52. The van der Waals surface area contributed by atoms with E-state index in [1.54, 1.807) is 12.1 Å². The van der Waals surface area contributed by atoms with Crippen molar-refractivity contribution in [3.05, 3.63) is 47.1 Å². The maximum absolute atomic E-state index is 13.2. The number of hydrogen-bond acceptors (Lipinski definition) is 4. The molecule has 0 radical (unpaired) electrons. The number of carbonyl (C=O) groups excluding carboxylic acids is 1. The molecule has 0 atom stereocenters. The zero-order valence-corrected chi connectivity index (χ0v) is 18.7. The molecule has 0 unspecified atom stereocenters. The molecule has 0 aliphatic rings. The van der Waals surface area contributed by atoms with Crippen molar-refractivity contribution in [3.8, 4) is 0 Å². The van der Waals surface area contributed by atoms with Gasteiger partial charge in [-0.15, -0.1) is 24.0 Å². The van der Waals surface area contributed by atoms with Crippen molar-refractivity contribution in [2.45, 2.75) is 40.2 Å². The number of halogens is 2. The lowest BCUT2D eigenvalue weighted by Crippen LogP contribution is -2.41. The number of amides is 1. The lowest BCUT2D eigenvalue weighted by Gasteiger charge is -2.11. The van der Waals surface area contributed by atoms with Crippen molar-refractivity contribution in [1.82, 2.24) is 15.8 Å². The summed E-state index contributed by atoms with van der Waals surface area (Å²) in [5.41, 5.74) is 2.30. The van der Waals surface area contributed by atoms with Gasteiger partial charge in [-0.1, -0.05) is 25.1 Å². The topological polar surface area (TPSA) is 91.6 Å². The largest absolute Gasteiger partial charge is 0.361 e. The lowest BCUT2D eigenvalue weighted by atomic mass is 10.1. The van der Waals surface area contributed by atoms with Gasteiger partial charge < -0.3 is 20.5 Å². The number of aryl methyl sites for hydroxylation is 2. The van der Waals surface area contributed by atoms with Crippen LogP contribution in [0.3, 0.4) is 0 Å². The minimum Gasteiger partial charge on any atom is -0.361 e. The van der Waals surface area contributed by atoms with Crippen LogP contribution in [0.15, 0.2) is 33.8 Å². The molecule has 1 aromatic carbocycles. The van der Waals surface area contributed by atoms with E-state index in [4.69, 9.17) is 4.52 Å². The average Bonchev–Trinajstić information content (AvgIpc) is 3.06. The second-order valence-corrected chi connectivity index (χ2v) is 5.85. The number of aliphatic imine (C=N–C) groups is 1. The van der Waals surface area contributed by atoms with Gasteiger partial charge in [0.15, 0.2) is 5.96 Å². The van der Waals surface area contributed by atoms with E-state index in [0.717, 1.165) is 29.9 Å². The van der Waals surface area contributed by atoms with Gasteiger partial charge in [-0.05, 0) is 31.5 Å². The summed E-state index contributed by atoms with van der Waals surface area (Å²) in [4.78, 5) is 16.6. The monoisotopic (exact) mass is 503 g/mol. The average molecular weight is 503 g/mol. The maximum atomic E-state index is 13.2. The summed E-state index contributed by atoms with van der Waals surface area (Å²) < 4.78 is 18.5. The normalized spacial score (nSPS) is 10.9. The maximum Gasteiger partial charge on any atom is 0.243 e. The van der Waals surface area contributed by atoms with Crippen molar-refractivity contribution >= 4 is 41.5 Å². The van der Waals surface area contributed by atoms with Gasteiger partial charge in [-0.2, -0.15) is 0 Å². The zero-order chi connectivity index (χ0) is 19.6. The van der Waals surface area contributed by atoms with E-state index in [2.05, 4.69) is 26.1 Å². The van der Waals surface area contributed by atoms with Gasteiger partial charge >= 0.3 is 0 Å². The van der Waals surface area contributed by atoms with Crippen molar-refractivity contribution < 1.29 is 13.7 Å². The molecule has 154 valence electrons. The van der Waals surface area contributed by atoms with Gasteiger partial charge in [0, 0.05) is 24.2 Å². The number of benzene rings is 1. The molecule has 0 saturated heterocycles.